The number of amides is 1. The molecule has 1 saturated heterocycles. The maximum absolute atomic E-state index is 12.7. The molecule has 6 nitrogen and oxygen atoms in total. The summed E-state index contributed by atoms with van der Waals surface area (Å²) in [4.78, 5) is 18.8. The van der Waals surface area contributed by atoms with Crippen LogP contribution in [0.3, 0.4) is 0 Å². The highest BCUT2D eigenvalue weighted by molar-refractivity contribution is 7.99. The first kappa shape index (κ1) is 21.2. The molecule has 0 saturated carbocycles. The van der Waals surface area contributed by atoms with E-state index in [4.69, 9.17) is 23.2 Å². The number of benzene rings is 1. The van der Waals surface area contributed by atoms with Crippen molar-refractivity contribution in [3.8, 4) is 17.1 Å². The Bertz CT molecular complexity index is 1040. The molecule has 9 heteroatoms. The molecule has 0 atom stereocenters. The number of aromatic nitrogens is 4. The van der Waals surface area contributed by atoms with Crippen molar-refractivity contribution in [3.05, 3.63) is 52.8 Å². The van der Waals surface area contributed by atoms with Gasteiger partial charge in [0.25, 0.3) is 0 Å². The summed E-state index contributed by atoms with van der Waals surface area (Å²) in [6.07, 6.45) is 5.55. The molecule has 3 aromatic rings. The van der Waals surface area contributed by atoms with Crippen molar-refractivity contribution < 1.29 is 4.79 Å². The van der Waals surface area contributed by atoms with Gasteiger partial charge in [0.05, 0.1) is 21.5 Å². The number of hydrogen-bond donors (Lipinski definition) is 0. The number of hydrogen-bond acceptors (Lipinski definition) is 5. The molecule has 30 heavy (non-hydrogen) atoms. The van der Waals surface area contributed by atoms with Crippen LogP contribution >= 0.6 is 35.0 Å². The van der Waals surface area contributed by atoms with Gasteiger partial charge in [-0.25, -0.2) is 0 Å². The van der Waals surface area contributed by atoms with Gasteiger partial charge in [-0.3, -0.25) is 14.3 Å². The normalized spacial score (nSPS) is 14.8. The summed E-state index contributed by atoms with van der Waals surface area (Å²) < 4.78 is 1.88. The SMILES string of the molecule is CC1CCN(C(=O)CSc2nnc(-c3cccnc3)n2-c2ccc(Cl)c(Cl)c2)CC1. The van der Waals surface area contributed by atoms with Crippen LogP contribution in [0.4, 0.5) is 0 Å². The summed E-state index contributed by atoms with van der Waals surface area (Å²) in [7, 11) is 0. The standard InChI is InChI=1S/C21H21Cl2N5OS/c1-14-6-9-27(10-7-14)19(29)13-30-21-26-25-20(15-3-2-8-24-12-15)28(21)16-4-5-17(22)18(23)11-16/h2-5,8,11-12,14H,6-7,9-10,13H2,1H3. The monoisotopic (exact) mass is 461 g/mol. The lowest BCUT2D eigenvalue weighted by Crippen LogP contribution is -2.38. The van der Waals surface area contributed by atoms with E-state index in [0.717, 1.165) is 37.2 Å². The summed E-state index contributed by atoms with van der Waals surface area (Å²) in [6, 6.07) is 9.12. The second kappa shape index (κ2) is 9.37. The fourth-order valence-electron chi connectivity index (χ4n) is 3.38. The molecule has 2 aromatic heterocycles. The molecule has 0 bridgehead atoms. The molecule has 1 aliphatic heterocycles. The summed E-state index contributed by atoms with van der Waals surface area (Å²) in [6.45, 7) is 3.87. The fraction of sp³-hybridized carbons (Fsp3) is 0.333. The van der Waals surface area contributed by atoms with Crippen molar-refractivity contribution in [2.45, 2.75) is 24.9 Å². The second-order valence-corrected chi connectivity index (χ2v) is 9.09. The van der Waals surface area contributed by atoms with Crippen LogP contribution in [0.1, 0.15) is 19.8 Å². The van der Waals surface area contributed by atoms with Gasteiger partial charge in [-0.1, -0.05) is 41.9 Å². The number of thioether (sulfide) groups is 1. The molecule has 0 N–H and O–H groups in total. The van der Waals surface area contributed by atoms with Gasteiger partial charge in [0, 0.05) is 31.0 Å². The predicted octanol–water partition coefficient (Wildman–Crippen LogP) is 4.99. The van der Waals surface area contributed by atoms with Gasteiger partial charge in [-0.05, 0) is 49.1 Å². The number of rotatable bonds is 5. The average molecular weight is 462 g/mol. The number of halogens is 2. The minimum absolute atomic E-state index is 0.124. The molecule has 0 unspecified atom stereocenters. The third kappa shape index (κ3) is 4.63. The van der Waals surface area contributed by atoms with Crippen molar-refractivity contribution in [3.63, 3.8) is 0 Å². The van der Waals surface area contributed by atoms with Gasteiger partial charge in [-0.15, -0.1) is 10.2 Å². The first-order valence-electron chi connectivity index (χ1n) is 9.74. The molecule has 1 fully saturated rings. The van der Waals surface area contributed by atoms with E-state index in [0.29, 0.717) is 32.7 Å². The molecule has 1 aromatic carbocycles. The number of nitrogens with zero attached hydrogens (tertiary/aromatic N) is 5. The Morgan fingerprint density at radius 2 is 1.97 bits per heavy atom. The molecule has 0 spiro atoms. The summed E-state index contributed by atoms with van der Waals surface area (Å²) in [5, 5.41) is 10.2. The van der Waals surface area contributed by atoms with E-state index < -0.39 is 0 Å². The largest absolute Gasteiger partial charge is 0.342 e. The van der Waals surface area contributed by atoms with Gasteiger partial charge < -0.3 is 4.90 Å². The Morgan fingerprint density at radius 3 is 2.67 bits per heavy atom. The average Bonchev–Trinajstić information content (AvgIpc) is 3.19. The van der Waals surface area contributed by atoms with Gasteiger partial charge in [0.15, 0.2) is 11.0 Å². The summed E-state index contributed by atoms with van der Waals surface area (Å²) >= 11 is 13.7. The zero-order valence-electron chi connectivity index (χ0n) is 16.5. The van der Waals surface area contributed by atoms with Crippen molar-refractivity contribution >= 4 is 40.9 Å². The smallest absolute Gasteiger partial charge is 0.233 e. The molecule has 1 amide bonds. The Balaban J connectivity index is 1.62. The van der Waals surface area contributed by atoms with Crippen LogP contribution in [-0.2, 0) is 4.79 Å². The van der Waals surface area contributed by atoms with Gasteiger partial charge in [0.2, 0.25) is 5.91 Å². The molecule has 3 heterocycles. The lowest BCUT2D eigenvalue weighted by molar-refractivity contribution is -0.129. The second-order valence-electron chi connectivity index (χ2n) is 7.33. The molecule has 0 aliphatic carbocycles. The maximum atomic E-state index is 12.7. The summed E-state index contributed by atoms with van der Waals surface area (Å²) in [5.74, 6) is 1.74. The van der Waals surface area contributed by atoms with Crippen LogP contribution in [0.2, 0.25) is 10.0 Å². The first-order valence-corrected chi connectivity index (χ1v) is 11.5. The van der Waals surface area contributed by atoms with Crippen LogP contribution < -0.4 is 0 Å². The number of pyridine rings is 1. The lowest BCUT2D eigenvalue weighted by Gasteiger charge is -2.30. The minimum atomic E-state index is 0.124. The number of carbonyl (C=O) groups is 1. The van der Waals surface area contributed by atoms with E-state index in [2.05, 4.69) is 22.1 Å². The topological polar surface area (TPSA) is 63.9 Å². The maximum Gasteiger partial charge on any atom is 0.233 e. The third-order valence-electron chi connectivity index (χ3n) is 5.18. The molecular formula is C21H21Cl2N5OS. The van der Waals surface area contributed by atoms with Crippen LogP contribution in [0, 0.1) is 5.92 Å². The van der Waals surface area contributed by atoms with Crippen molar-refractivity contribution in [1.29, 1.82) is 0 Å². The van der Waals surface area contributed by atoms with Gasteiger partial charge >= 0.3 is 0 Å². The highest BCUT2D eigenvalue weighted by Crippen LogP contribution is 2.31. The van der Waals surface area contributed by atoms with E-state index in [1.165, 1.54) is 11.8 Å². The van der Waals surface area contributed by atoms with Crippen LogP contribution in [0.15, 0.2) is 47.9 Å². The molecular weight excluding hydrogens is 441 g/mol. The van der Waals surface area contributed by atoms with Gasteiger partial charge in [-0.2, -0.15) is 0 Å². The molecule has 156 valence electrons. The van der Waals surface area contributed by atoms with E-state index in [-0.39, 0.29) is 5.91 Å². The van der Waals surface area contributed by atoms with E-state index in [9.17, 15) is 4.79 Å². The fourth-order valence-corrected chi connectivity index (χ4v) is 4.52. The number of carbonyl (C=O) groups excluding carboxylic acids is 1. The third-order valence-corrected chi connectivity index (χ3v) is 6.83. The van der Waals surface area contributed by atoms with E-state index in [1.54, 1.807) is 24.5 Å². The minimum Gasteiger partial charge on any atom is -0.342 e. The van der Waals surface area contributed by atoms with Gasteiger partial charge in [0.1, 0.15) is 0 Å². The zero-order valence-corrected chi connectivity index (χ0v) is 18.8. The Labute approximate surface area is 189 Å². The quantitative estimate of drug-likeness (QED) is 0.500. The van der Waals surface area contributed by atoms with Crippen molar-refractivity contribution in [2.75, 3.05) is 18.8 Å². The highest BCUT2D eigenvalue weighted by atomic mass is 35.5. The Hall–Kier alpha value is -2.09. The lowest BCUT2D eigenvalue weighted by atomic mass is 9.99. The van der Waals surface area contributed by atoms with Crippen LogP contribution in [0.5, 0.6) is 0 Å². The Kier molecular flexibility index (Phi) is 6.61. The first-order chi connectivity index (χ1) is 14.5. The number of piperidine rings is 1. The van der Waals surface area contributed by atoms with Crippen molar-refractivity contribution in [1.82, 2.24) is 24.6 Å². The molecule has 1 aliphatic rings. The Morgan fingerprint density at radius 1 is 1.17 bits per heavy atom. The number of likely N-dealkylation sites (tertiary alicyclic amines) is 1. The van der Waals surface area contributed by atoms with E-state index in [1.807, 2.05) is 27.7 Å². The van der Waals surface area contributed by atoms with Crippen LogP contribution in [-0.4, -0.2) is 49.4 Å². The predicted molar refractivity (Wildman–Crippen MR) is 120 cm³/mol. The highest BCUT2D eigenvalue weighted by Gasteiger charge is 2.22. The van der Waals surface area contributed by atoms with Crippen LogP contribution in [0.25, 0.3) is 17.1 Å². The molecule has 4 rings (SSSR count). The van der Waals surface area contributed by atoms with E-state index >= 15 is 0 Å². The van der Waals surface area contributed by atoms with Crippen molar-refractivity contribution in [2.24, 2.45) is 5.92 Å². The summed E-state index contributed by atoms with van der Waals surface area (Å²) in [5.41, 5.74) is 1.59. The molecule has 0 radical (unpaired) electrons. The zero-order chi connectivity index (χ0) is 21.1.